The fourth-order valence-electron chi connectivity index (χ4n) is 2.05. The molecule has 1 fully saturated rings. The van der Waals surface area contributed by atoms with Crippen molar-refractivity contribution in [3.63, 3.8) is 0 Å². The maximum absolute atomic E-state index is 12.0. The van der Waals surface area contributed by atoms with E-state index in [1.165, 1.54) is 0 Å². The van der Waals surface area contributed by atoms with Gasteiger partial charge in [0.2, 0.25) is 0 Å². The van der Waals surface area contributed by atoms with E-state index in [0.29, 0.717) is 23.0 Å². The van der Waals surface area contributed by atoms with Gasteiger partial charge in [-0.25, -0.2) is 0 Å². The third-order valence-corrected chi connectivity index (χ3v) is 3.60. The van der Waals surface area contributed by atoms with Crippen LogP contribution in [-0.2, 0) is 11.2 Å². The smallest absolute Gasteiger partial charge is 0.151 e. The summed E-state index contributed by atoms with van der Waals surface area (Å²) in [5.74, 6) is 0.195. The van der Waals surface area contributed by atoms with Crippen molar-refractivity contribution in [1.82, 2.24) is 10.2 Å². The minimum absolute atomic E-state index is 0.195. The van der Waals surface area contributed by atoms with Gasteiger partial charge in [-0.2, -0.15) is 0 Å². The summed E-state index contributed by atoms with van der Waals surface area (Å²) in [5, 5.41) is 4.43. The molecule has 0 aromatic heterocycles. The molecule has 1 aromatic rings. The van der Waals surface area contributed by atoms with Crippen molar-refractivity contribution in [3.05, 3.63) is 33.8 Å². The molecule has 0 aliphatic carbocycles. The van der Waals surface area contributed by atoms with Crippen LogP contribution in [0.15, 0.2) is 18.2 Å². The lowest BCUT2D eigenvalue weighted by Gasteiger charge is -2.26. The summed E-state index contributed by atoms with van der Waals surface area (Å²) in [6.07, 6.45) is 0.375. The predicted octanol–water partition coefficient (Wildman–Crippen LogP) is 2.01. The molecule has 0 saturated carbocycles. The van der Waals surface area contributed by atoms with Gasteiger partial charge < -0.3 is 5.32 Å². The number of carbonyl (C=O) groups excluding carboxylic acids is 1. The van der Waals surface area contributed by atoms with E-state index in [9.17, 15) is 4.79 Å². The molecule has 1 aliphatic rings. The number of rotatable bonds is 4. The van der Waals surface area contributed by atoms with Crippen LogP contribution in [0.2, 0.25) is 10.0 Å². The van der Waals surface area contributed by atoms with Gasteiger partial charge in [0, 0.05) is 42.6 Å². The number of ketones is 1. The molecule has 5 heteroatoms. The first-order valence-electron chi connectivity index (χ1n) is 6.04. The first-order valence-corrected chi connectivity index (χ1v) is 6.79. The number of hydrogen-bond donors (Lipinski definition) is 1. The third-order valence-electron chi connectivity index (χ3n) is 3.01. The Morgan fingerprint density at radius 2 is 2.00 bits per heavy atom. The second-order valence-corrected chi connectivity index (χ2v) is 5.32. The largest absolute Gasteiger partial charge is 0.314 e. The van der Waals surface area contributed by atoms with Crippen LogP contribution in [0.25, 0.3) is 0 Å². The topological polar surface area (TPSA) is 32.3 Å². The number of nitrogens with one attached hydrogen (secondary N) is 1. The monoisotopic (exact) mass is 286 g/mol. The lowest BCUT2D eigenvalue weighted by atomic mass is 10.1. The Kier molecular flexibility index (Phi) is 5.01. The predicted molar refractivity (Wildman–Crippen MR) is 74.5 cm³/mol. The standard InChI is InChI=1S/C13H16Cl2N2O/c14-11-2-1-10(13(15)8-11)7-12(18)9-17-5-3-16-4-6-17/h1-2,8,16H,3-7,9H2. The molecule has 1 aliphatic heterocycles. The van der Waals surface area contributed by atoms with Gasteiger partial charge in [-0.1, -0.05) is 29.3 Å². The number of nitrogens with zero attached hydrogens (tertiary/aromatic N) is 1. The number of hydrogen-bond acceptors (Lipinski definition) is 3. The fourth-order valence-corrected chi connectivity index (χ4v) is 2.53. The summed E-state index contributed by atoms with van der Waals surface area (Å²) in [5.41, 5.74) is 0.848. The van der Waals surface area contributed by atoms with Crippen molar-refractivity contribution >= 4 is 29.0 Å². The van der Waals surface area contributed by atoms with Gasteiger partial charge in [-0.15, -0.1) is 0 Å². The molecule has 0 amide bonds. The summed E-state index contributed by atoms with van der Waals surface area (Å²) in [6, 6.07) is 5.26. The number of halogens is 2. The molecule has 1 saturated heterocycles. The molecule has 98 valence electrons. The summed E-state index contributed by atoms with van der Waals surface area (Å²) in [7, 11) is 0. The normalized spacial score (nSPS) is 16.8. The van der Waals surface area contributed by atoms with E-state index in [0.717, 1.165) is 31.7 Å². The van der Waals surface area contributed by atoms with Crippen molar-refractivity contribution in [3.8, 4) is 0 Å². The van der Waals surface area contributed by atoms with Gasteiger partial charge in [0.15, 0.2) is 5.78 Å². The molecule has 1 aromatic carbocycles. The van der Waals surface area contributed by atoms with E-state index >= 15 is 0 Å². The highest BCUT2D eigenvalue weighted by Crippen LogP contribution is 2.21. The Hall–Kier alpha value is -0.610. The van der Waals surface area contributed by atoms with E-state index in [2.05, 4.69) is 10.2 Å². The van der Waals surface area contributed by atoms with Crippen LogP contribution in [0.5, 0.6) is 0 Å². The highest BCUT2D eigenvalue weighted by molar-refractivity contribution is 6.35. The quantitative estimate of drug-likeness (QED) is 0.919. The van der Waals surface area contributed by atoms with Crippen LogP contribution in [0.1, 0.15) is 5.56 Å². The van der Waals surface area contributed by atoms with Crippen molar-refractivity contribution < 1.29 is 4.79 Å². The zero-order valence-corrected chi connectivity index (χ0v) is 11.6. The van der Waals surface area contributed by atoms with Crippen LogP contribution in [0.4, 0.5) is 0 Å². The summed E-state index contributed by atoms with van der Waals surface area (Å²) < 4.78 is 0. The van der Waals surface area contributed by atoms with Crippen molar-refractivity contribution in [1.29, 1.82) is 0 Å². The Balaban J connectivity index is 1.90. The minimum Gasteiger partial charge on any atom is -0.314 e. The molecule has 0 unspecified atom stereocenters. The summed E-state index contributed by atoms with van der Waals surface area (Å²) >= 11 is 11.9. The zero-order valence-electron chi connectivity index (χ0n) is 10.1. The summed E-state index contributed by atoms with van der Waals surface area (Å²) in [6.45, 7) is 4.27. The van der Waals surface area contributed by atoms with Crippen molar-refractivity contribution in [2.24, 2.45) is 0 Å². The highest BCUT2D eigenvalue weighted by Gasteiger charge is 2.14. The molecule has 0 spiro atoms. The Morgan fingerprint density at radius 3 is 2.67 bits per heavy atom. The second-order valence-electron chi connectivity index (χ2n) is 4.48. The molecule has 18 heavy (non-hydrogen) atoms. The first kappa shape index (κ1) is 13.8. The number of benzene rings is 1. The molecule has 2 rings (SSSR count). The van der Waals surface area contributed by atoms with E-state index in [1.807, 2.05) is 6.07 Å². The third kappa shape index (κ3) is 3.95. The Morgan fingerprint density at radius 1 is 1.28 bits per heavy atom. The number of Topliss-reactive ketones (excluding diaryl/α,β-unsaturated/α-hetero) is 1. The van der Waals surface area contributed by atoms with E-state index in [-0.39, 0.29) is 5.78 Å². The Bertz CT molecular complexity index is 431. The molecular formula is C13H16Cl2N2O. The van der Waals surface area contributed by atoms with E-state index in [1.54, 1.807) is 12.1 Å². The minimum atomic E-state index is 0.195. The van der Waals surface area contributed by atoms with Crippen molar-refractivity contribution in [2.75, 3.05) is 32.7 Å². The van der Waals surface area contributed by atoms with Gasteiger partial charge >= 0.3 is 0 Å². The van der Waals surface area contributed by atoms with Crippen LogP contribution in [-0.4, -0.2) is 43.4 Å². The lowest BCUT2D eigenvalue weighted by molar-refractivity contribution is -0.119. The number of carbonyl (C=O) groups is 1. The second kappa shape index (κ2) is 6.53. The lowest BCUT2D eigenvalue weighted by Crippen LogP contribution is -2.45. The number of piperazine rings is 1. The fraction of sp³-hybridized carbons (Fsp3) is 0.462. The molecule has 0 bridgehead atoms. The molecule has 1 N–H and O–H groups in total. The molecule has 3 nitrogen and oxygen atoms in total. The van der Waals surface area contributed by atoms with Crippen LogP contribution >= 0.6 is 23.2 Å². The van der Waals surface area contributed by atoms with Gasteiger partial charge in [0.25, 0.3) is 0 Å². The maximum atomic E-state index is 12.0. The molecule has 0 radical (unpaired) electrons. The molecule has 1 heterocycles. The SMILES string of the molecule is O=C(Cc1ccc(Cl)cc1Cl)CN1CCNCC1. The van der Waals surface area contributed by atoms with Gasteiger partial charge in [0.05, 0.1) is 6.54 Å². The van der Waals surface area contributed by atoms with Gasteiger partial charge in [-0.05, 0) is 17.7 Å². The van der Waals surface area contributed by atoms with Crippen LogP contribution < -0.4 is 5.32 Å². The van der Waals surface area contributed by atoms with Gasteiger partial charge in [0.1, 0.15) is 0 Å². The first-order chi connectivity index (χ1) is 8.65. The zero-order chi connectivity index (χ0) is 13.0. The van der Waals surface area contributed by atoms with Crippen molar-refractivity contribution in [2.45, 2.75) is 6.42 Å². The average Bonchev–Trinajstić information content (AvgIpc) is 2.34. The Labute approximate surface area is 117 Å². The summed E-state index contributed by atoms with van der Waals surface area (Å²) in [4.78, 5) is 14.1. The molecule has 0 atom stereocenters. The maximum Gasteiger partial charge on any atom is 0.151 e. The van der Waals surface area contributed by atoms with E-state index in [4.69, 9.17) is 23.2 Å². The van der Waals surface area contributed by atoms with Crippen LogP contribution in [0.3, 0.4) is 0 Å². The average molecular weight is 287 g/mol. The highest BCUT2D eigenvalue weighted by atomic mass is 35.5. The molecular weight excluding hydrogens is 271 g/mol. The van der Waals surface area contributed by atoms with Crippen LogP contribution in [0, 0.1) is 0 Å². The van der Waals surface area contributed by atoms with Gasteiger partial charge in [-0.3, -0.25) is 9.69 Å². The van der Waals surface area contributed by atoms with E-state index < -0.39 is 0 Å².